The van der Waals surface area contributed by atoms with Gasteiger partial charge in [0, 0.05) is 30.3 Å². The van der Waals surface area contributed by atoms with Crippen molar-refractivity contribution in [1.82, 2.24) is 0 Å². The summed E-state index contributed by atoms with van der Waals surface area (Å²) in [5.74, 6) is 0.936. The Morgan fingerprint density at radius 1 is 0.658 bits per heavy atom. The van der Waals surface area contributed by atoms with Crippen molar-refractivity contribution in [2.24, 2.45) is 5.92 Å². The van der Waals surface area contributed by atoms with E-state index in [1.165, 1.54) is 24.8 Å². The molecule has 0 spiro atoms. The number of hydrogen-bond donors (Lipinski definition) is 4. The SMILES string of the molecule is CC(C)(C)c1cc(CCCO)cc(C(c2cc(CCCCO)cc(C(C)(C)C)c2O)C2CCCCC2)c1O. The normalized spacial score (nSPS) is 16.1. The molecule has 1 atom stereocenters. The first-order chi connectivity index (χ1) is 17.9. The first kappa shape index (κ1) is 30.5. The monoisotopic (exact) mass is 524 g/mol. The highest BCUT2D eigenvalue weighted by atomic mass is 16.3. The van der Waals surface area contributed by atoms with E-state index < -0.39 is 0 Å². The van der Waals surface area contributed by atoms with Crippen LogP contribution in [-0.4, -0.2) is 33.6 Å². The smallest absolute Gasteiger partial charge is 0.123 e. The number of aryl methyl sites for hydroxylation is 2. The predicted octanol–water partition coefficient (Wildman–Crippen LogP) is 7.64. The minimum absolute atomic E-state index is 0.107. The minimum atomic E-state index is -0.240. The minimum Gasteiger partial charge on any atom is -0.507 e. The van der Waals surface area contributed by atoms with Crippen LogP contribution in [0, 0.1) is 5.92 Å². The van der Waals surface area contributed by atoms with Crippen LogP contribution in [0.1, 0.15) is 132 Å². The molecule has 4 N–H and O–H groups in total. The van der Waals surface area contributed by atoms with Gasteiger partial charge in [0.15, 0.2) is 0 Å². The molecule has 2 aromatic rings. The van der Waals surface area contributed by atoms with E-state index in [0.717, 1.165) is 66.3 Å². The van der Waals surface area contributed by atoms with E-state index in [1.54, 1.807) is 0 Å². The average Bonchev–Trinajstić information content (AvgIpc) is 2.85. The molecule has 4 heteroatoms. The van der Waals surface area contributed by atoms with Crippen molar-refractivity contribution in [1.29, 1.82) is 0 Å². The van der Waals surface area contributed by atoms with E-state index in [2.05, 4.69) is 65.8 Å². The van der Waals surface area contributed by atoms with Gasteiger partial charge in [0.25, 0.3) is 0 Å². The topological polar surface area (TPSA) is 80.9 Å². The van der Waals surface area contributed by atoms with Crippen molar-refractivity contribution in [3.63, 3.8) is 0 Å². The van der Waals surface area contributed by atoms with Crippen LogP contribution in [0.25, 0.3) is 0 Å². The molecule has 38 heavy (non-hydrogen) atoms. The lowest BCUT2D eigenvalue weighted by molar-refractivity contribution is 0.284. The molecule has 0 aromatic heterocycles. The highest BCUT2D eigenvalue weighted by Gasteiger charge is 2.35. The Hall–Kier alpha value is -2.04. The summed E-state index contributed by atoms with van der Waals surface area (Å²) in [4.78, 5) is 0. The number of aliphatic hydroxyl groups is 2. The molecule has 0 heterocycles. The maximum absolute atomic E-state index is 11.9. The third kappa shape index (κ3) is 7.33. The largest absolute Gasteiger partial charge is 0.507 e. The van der Waals surface area contributed by atoms with E-state index in [0.29, 0.717) is 23.8 Å². The van der Waals surface area contributed by atoms with Gasteiger partial charge in [-0.1, -0.05) is 85.1 Å². The molecule has 1 unspecified atom stereocenters. The quantitative estimate of drug-likeness (QED) is 0.241. The van der Waals surface area contributed by atoms with Gasteiger partial charge in [0.05, 0.1) is 0 Å². The van der Waals surface area contributed by atoms with Gasteiger partial charge in [-0.15, -0.1) is 0 Å². The molecule has 0 saturated heterocycles. The highest BCUT2D eigenvalue weighted by Crippen LogP contribution is 2.50. The molecule has 0 radical (unpaired) electrons. The summed E-state index contributed by atoms with van der Waals surface area (Å²) in [5, 5.41) is 42.6. The van der Waals surface area contributed by atoms with Gasteiger partial charge in [0.1, 0.15) is 11.5 Å². The first-order valence-corrected chi connectivity index (χ1v) is 14.8. The summed E-state index contributed by atoms with van der Waals surface area (Å²) in [5.41, 5.74) is 5.56. The number of phenols is 2. The van der Waals surface area contributed by atoms with Crippen molar-refractivity contribution in [2.45, 2.75) is 122 Å². The van der Waals surface area contributed by atoms with E-state index in [-0.39, 0.29) is 30.0 Å². The second-order valence-corrected chi connectivity index (χ2v) is 13.5. The molecule has 1 fully saturated rings. The summed E-state index contributed by atoms with van der Waals surface area (Å²) < 4.78 is 0. The Morgan fingerprint density at radius 2 is 1.11 bits per heavy atom. The number of aromatic hydroxyl groups is 2. The van der Waals surface area contributed by atoms with Crippen molar-refractivity contribution in [3.8, 4) is 11.5 Å². The molecular formula is C34H52O4. The Balaban J connectivity index is 2.30. The van der Waals surface area contributed by atoms with Crippen LogP contribution in [0.4, 0.5) is 0 Å². The number of unbranched alkanes of at least 4 members (excludes halogenated alkanes) is 1. The number of benzene rings is 2. The fourth-order valence-electron chi connectivity index (χ4n) is 6.21. The van der Waals surface area contributed by atoms with Crippen LogP contribution in [0.5, 0.6) is 11.5 Å². The van der Waals surface area contributed by atoms with Crippen LogP contribution >= 0.6 is 0 Å². The third-order valence-corrected chi connectivity index (χ3v) is 8.30. The molecule has 0 aliphatic heterocycles. The van der Waals surface area contributed by atoms with Gasteiger partial charge < -0.3 is 20.4 Å². The van der Waals surface area contributed by atoms with Crippen LogP contribution < -0.4 is 0 Å². The van der Waals surface area contributed by atoms with Crippen LogP contribution in [0.2, 0.25) is 0 Å². The second-order valence-electron chi connectivity index (χ2n) is 13.5. The Labute approximate surface area is 231 Å². The summed E-state index contributed by atoms with van der Waals surface area (Å²) in [7, 11) is 0. The highest BCUT2D eigenvalue weighted by molar-refractivity contribution is 5.56. The number of aliphatic hydroxyl groups excluding tert-OH is 2. The van der Waals surface area contributed by atoms with E-state index >= 15 is 0 Å². The molecule has 3 rings (SSSR count). The fraction of sp³-hybridized carbons (Fsp3) is 0.647. The standard InChI is InChI=1S/C34H52O4/c1-33(2,3)28-21-23(13-10-11-17-35)19-26(31(28)37)30(25-15-8-7-9-16-25)27-20-24(14-12-18-36)22-29(32(27)38)34(4,5)6/h19-22,25,30,35-38H,7-18H2,1-6H3. The summed E-state index contributed by atoms with van der Waals surface area (Å²) in [6.45, 7) is 13.2. The molecule has 4 nitrogen and oxygen atoms in total. The number of hydrogen-bond acceptors (Lipinski definition) is 4. The molecular weight excluding hydrogens is 472 g/mol. The number of rotatable bonds is 10. The van der Waals surface area contributed by atoms with Crippen LogP contribution in [0.3, 0.4) is 0 Å². The lowest BCUT2D eigenvalue weighted by atomic mass is 9.70. The Bertz CT molecular complexity index is 1050. The lowest BCUT2D eigenvalue weighted by Gasteiger charge is -2.35. The molecule has 212 valence electrons. The van der Waals surface area contributed by atoms with Gasteiger partial charge in [-0.3, -0.25) is 0 Å². The van der Waals surface area contributed by atoms with Crippen LogP contribution in [-0.2, 0) is 23.7 Å². The summed E-state index contributed by atoms with van der Waals surface area (Å²) in [6.07, 6.45) is 9.67. The average molecular weight is 525 g/mol. The fourth-order valence-corrected chi connectivity index (χ4v) is 6.21. The molecule has 1 saturated carbocycles. The summed E-state index contributed by atoms with van der Waals surface area (Å²) >= 11 is 0. The Kier molecular flexibility index (Phi) is 10.3. The maximum atomic E-state index is 11.9. The van der Waals surface area contributed by atoms with E-state index in [9.17, 15) is 20.4 Å². The first-order valence-electron chi connectivity index (χ1n) is 14.8. The van der Waals surface area contributed by atoms with Gasteiger partial charge in [-0.25, -0.2) is 0 Å². The van der Waals surface area contributed by atoms with Gasteiger partial charge in [0.2, 0.25) is 0 Å². The molecule has 0 bridgehead atoms. The van der Waals surface area contributed by atoms with Gasteiger partial charge in [-0.05, 0) is 83.9 Å². The molecule has 1 aliphatic carbocycles. The lowest BCUT2D eigenvalue weighted by Crippen LogP contribution is -2.22. The van der Waals surface area contributed by atoms with Crippen molar-refractivity contribution in [2.75, 3.05) is 13.2 Å². The number of phenolic OH excluding ortho intramolecular Hbond substituents is 2. The van der Waals surface area contributed by atoms with Crippen molar-refractivity contribution >= 4 is 0 Å². The third-order valence-electron chi connectivity index (χ3n) is 8.30. The predicted molar refractivity (Wildman–Crippen MR) is 157 cm³/mol. The zero-order valence-corrected chi connectivity index (χ0v) is 24.7. The zero-order valence-electron chi connectivity index (χ0n) is 24.7. The van der Waals surface area contributed by atoms with Crippen molar-refractivity contribution < 1.29 is 20.4 Å². The molecule has 2 aromatic carbocycles. The van der Waals surface area contributed by atoms with E-state index in [1.807, 2.05) is 0 Å². The second kappa shape index (κ2) is 12.9. The van der Waals surface area contributed by atoms with Crippen LogP contribution in [0.15, 0.2) is 24.3 Å². The maximum Gasteiger partial charge on any atom is 0.123 e. The van der Waals surface area contributed by atoms with E-state index in [4.69, 9.17) is 0 Å². The van der Waals surface area contributed by atoms with Gasteiger partial charge in [-0.2, -0.15) is 0 Å². The molecule has 0 amide bonds. The zero-order chi connectivity index (χ0) is 28.1. The molecule has 1 aliphatic rings. The summed E-state index contributed by atoms with van der Waals surface area (Å²) in [6, 6.07) is 8.58. The van der Waals surface area contributed by atoms with Crippen molar-refractivity contribution in [3.05, 3.63) is 57.6 Å². The van der Waals surface area contributed by atoms with Gasteiger partial charge >= 0.3 is 0 Å². The Morgan fingerprint density at radius 3 is 1.53 bits per heavy atom.